The van der Waals surface area contributed by atoms with E-state index in [2.05, 4.69) is 23.1 Å². The molecule has 1 rings (SSSR count). The summed E-state index contributed by atoms with van der Waals surface area (Å²) in [6, 6.07) is 2.31. The van der Waals surface area contributed by atoms with Crippen molar-refractivity contribution < 1.29 is 4.79 Å². The molecule has 0 aliphatic carbocycles. The number of aryl methyl sites for hydroxylation is 1. The van der Waals surface area contributed by atoms with E-state index in [0.29, 0.717) is 11.6 Å². The standard InChI is InChI=1S/C12H18N2OS/c1-9-5-11(7-15)6-13-12(9)14(3)10(2)8-16-4/h5-7,10H,8H2,1-4H3. The number of hydrogen-bond donors (Lipinski definition) is 0. The topological polar surface area (TPSA) is 33.2 Å². The summed E-state index contributed by atoms with van der Waals surface area (Å²) in [5.41, 5.74) is 1.67. The first kappa shape index (κ1) is 13.0. The van der Waals surface area contributed by atoms with Gasteiger partial charge in [-0.3, -0.25) is 4.79 Å². The summed E-state index contributed by atoms with van der Waals surface area (Å²) in [7, 11) is 2.04. The Labute approximate surface area is 101 Å². The predicted octanol–water partition coefficient (Wildman–Crippen LogP) is 2.39. The van der Waals surface area contributed by atoms with Gasteiger partial charge in [-0.1, -0.05) is 0 Å². The van der Waals surface area contributed by atoms with Gasteiger partial charge in [-0.25, -0.2) is 4.98 Å². The van der Waals surface area contributed by atoms with Crippen LogP contribution in [0, 0.1) is 6.92 Å². The van der Waals surface area contributed by atoms with E-state index in [0.717, 1.165) is 23.4 Å². The summed E-state index contributed by atoms with van der Waals surface area (Å²) < 4.78 is 0. The monoisotopic (exact) mass is 238 g/mol. The smallest absolute Gasteiger partial charge is 0.151 e. The molecule has 0 fully saturated rings. The second-order valence-electron chi connectivity index (χ2n) is 3.94. The molecule has 88 valence electrons. The highest BCUT2D eigenvalue weighted by Crippen LogP contribution is 2.19. The third-order valence-electron chi connectivity index (χ3n) is 2.61. The van der Waals surface area contributed by atoms with Gasteiger partial charge >= 0.3 is 0 Å². The zero-order valence-electron chi connectivity index (χ0n) is 10.2. The zero-order chi connectivity index (χ0) is 12.1. The van der Waals surface area contributed by atoms with Crippen LogP contribution in [-0.2, 0) is 0 Å². The van der Waals surface area contributed by atoms with Gasteiger partial charge in [0.1, 0.15) is 5.82 Å². The molecule has 1 aromatic rings. The van der Waals surface area contributed by atoms with Crippen LogP contribution in [-0.4, -0.2) is 36.4 Å². The Morgan fingerprint density at radius 2 is 2.31 bits per heavy atom. The van der Waals surface area contributed by atoms with Crippen molar-refractivity contribution in [2.24, 2.45) is 0 Å². The molecule has 16 heavy (non-hydrogen) atoms. The maximum atomic E-state index is 10.6. The summed E-state index contributed by atoms with van der Waals surface area (Å²) in [5, 5.41) is 0. The number of nitrogens with zero attached hydrogens (tertiary/aromatic N) is 2. The van der Waals surface area contributed by atoms with Crippen LogP contribution >= 0.6 is 11.8 Å². The summed E-state index contributed by atoms with van der Waals surface area (Å²) in [6.45, 7) is 4.16. The maximum absolute atomic E-state index is 10.6. The summed E-state index contributed by atoms with van der Waals surface area (Å²) in [5.74, 6) is 2.01. The van der Waals surface area contributed by atoms with Crippen molar-refractivity contribution in [1.82, 2.24) is 4.98 Å². The van der Waals surface area contributed by atoms with Crippen molar-refractivity contribution in [3.63, 3.8) is 0 Å². The maximum Gasteiger partial charge on any atom is 0.151 e. The van der Waals surface area contributed by atoms with Crippen LogP contribution in [0.3, 0.4) is 0 Å². The molecule has 0 amide bonds. The Bertz CT molecular complexity index is 368. The molecule has 0 spiro atoms. The lowest BCUT2D eigenvalue weighted by atomic mass is 10.2. The highest BCUT2D eigenvalue weighted by molar-refractivity contribution is 7.98. The second-order valence-corrected chi connectivity index (χ2v) is 4.85. The Kier molecular flexibility index (Phi) is 4.80. The number of aldehydes is 1. The van der Waals surface area contributed by atoms with Crippen molar-refractivity contribution in [1.29, 1.82) is 0 Å². The van der Waals surface area contributed by atoms with Crippen molar-refractivity contribution in [3.8, 4) is 0 Å². The van der Waals surface area contributed by atoms with Crippen molar-refractivity contribution in [2.45, 2.75) is 19.9 Å². The molecule has 1 unspecified atom stereocenters. The van der Waals surface area contributed by atoms with Crippen LogP contribution in [0.4, 0.5) is 5.82 Å². The highest BCUT2D eigenvalue weighted by atomic mass is 32.2. The van der Waals surface area contributed by atoms with E-state index in [1.54, 1.807) is 6.20 Å². The molecule has 4 heteroatoms. The largest absolute Gasteiger partial charge is 0.356 e. The number of carbonyl (C=O) groups is 1. The second kappa shape index (κ2) is 5.89. The van der Waals surface area contributed by atoms with Crippen molar-refractivity contribution in [3.05, 3.63) is 23.4 Å². The van der Waals surface area contributed by atoms with Gasteiger partial charge in [0.2, 0.25) is 0 Å². The summed E-state index contributed by atoms with van der Waals surface area (Å²) >= 11 is 1.82. The average molecular weight is 238 g/mol. The fraction of sp³-hybridized carbons (Fsp3) is 0.500. The quantitative estimate of drug-likeness (QED) is 0.737. The Hall–Kier alpha value is -1.03. The van der Waals surface area contributed by atoms with E-state index in [-0.39, 0.29) is 0 Å². The molecule has 0 saturated heterocycles. The van der Waals surface area contributed by atoms with Gasteiger partial charge in [0, 0.05) is 30.6 Å². The van der Waals surface area contributed by atoms with Crippen LogP contribution in [0.15, 0.2) is 12.3 Å². The summed E-state index contributed by atoms with van der Waals surface area (Å²) in [4.78, 5) is 17.1. The lowest BCUT2D eigenvalue weighted by Gasteiger charge is -2.26. The molecule has 0 aliphatic heterocycles. The van der Waals surface area contributed by atoms with Crippen molar-refractivity contribution >= 4 is 23.9 Å². The average Bonchev–Trinajstić information content (AvgIpc) is 2.28. The number of rotatable bonds is 5. The molecule has 0 saturated carbocycles. The SMILES string of the molecule is CSCC(C)N(C)c1ncc(C=O)cc1C. The molecule has 0 aromatic carbocycles. The van der Waals surface area contributed by atoms with Crippen molar-refractivity contribution in [2.75, 3.05) is 24.0 Å². The first-order valence-electron chi connectivity index (χ1n) is 5.23. The van der Waals surface area contributed by atoms with Crippen LogP contribution in [0.1, 0.15) is 22.8 Å². The molecule has 1 heterocycles. The number of hydrogen-bond acceptors (Lipinski definition) is 4. The lowest BCUT2D eigenvalue weighted by Crippen LogP contribution is -2.32. The van der Waals surface area contributed by atoms with Gasteiger partial charge in [0.25, 0.3) is 0 Å². The number of pyridine rings is 1. The van der Waals surface area contributed by atoms with Crippen LogP contribution in [0.2, 0.25) is 0 Å². The van der Waals surface area contributed by atoms with Crippen LogP contribution in [0.25, 0.3) is 0 Å². The molecule has 0 radical (unpaired) electrons. The Balaban J connectivity index is 2.91. The van der Waals surface area contributed by atoms with E-state index in [1.165, 1.54) is 0 Å². The van der Waals surface area contributed by atoms with Gasteiger partial charge in [-0.15, -0.1) is 0 Å². The van der Waals surface area contributed by atoms with Gasteiger partial charge in [-0.2, -0.15) is 11.8 Å². The van der Waals surface area contributed by atoms with Gasteiger partial charge in [-0.05, 0) is 31.7 Å². The Morgan fingerprint density at radius 1 is 1.62 bits per heavy atom. The Morgan fingerprint density at radius 3 is 2.81 bits per heavy atom. The fourth-order valence-corrected chi connectivity index (χ4v) is 2.29. The first-order chi connectivity index (χ1) is 7.60. The molecular weight excluding hydrogens is 220 g/mol. The van der Waals surface area contributed by atoms with Gasteiger partial charge in [0.05, 0.1) is 0 Å². The minimum absolute atomic E-state index is 0.434. The first-order valence-corrected chi connectivity index (χ1v) is 6.63. The highest BCUT2D eigenvalue weighted by Gasteiger charge is 2.12. The van der Waals surface area contributed by atoms with E-state index < -0.39 is 0 Å². The van der Waals surface area contributed by atoms with E-state index in [1.807, 2.05) is 31.8 Å². The third kappa shape index (κ3) is 2.98. The third-order valence-corrected chi connectivity index (χ3v) is 3.43. The molecular formula is C12H18N2OS. The lowest BCUT2D eigenvalue weighted by molar-refractivity contribution is 0.112. The minimum Gasteiger partial charge on any atom is -0.356 e. The normalized spacial score (nSPS) is 12.2. The number of thioether (sulfide) groups is 1. The number of carbonyl (C=O) groups excluding carboxylic acids is 1. The molecule has 3 nitrogen and oxygen atoms in total. The predicted molar refractivity (Wildman–Crippen MR) is 70.6 cm³/mol. The number of anilines is 1. The zero-order valence-corrected chi connectivity index (χ0v) is 11.0. The fourth-order valence-electron chi connectivity index (χ4n) is 1.58. The molecule has 0 bridgehead atoms. The van der Waals surface area contributed by atoms with E-state index in [4.69, 9.17) is 0 Å². The molecule has 0 N–H and O–H groups in total. The summed E-state index contributed by atoms with van der Waals surface area (Å²) in [6.07, 6.45) is 4.55. The van der Waals surface area contributed by atoms with Crippen LogP contribution < -0.4 is 4.90 Å². The van der Waals surface area contributed by atoms with E-state index in [9.17, 15) is 4.79 Å². The van der Waals surface area contributed by atoms with Gasteiger partial charge in [0.15, 0.2) is 6.29 Å². The number of aromatic nitrogens is 1. The van der Waals surface area contributed by atoms with E-state index >= 15 is 0 Å². The minimum atomic E-state index is 0.434. The van der Waals surface area contributed by atoms with Gasteiger partial charge < -0.3 is 4.90 Å². The van der Waals surface area contributed by atoms with Crippen LogP contribution in [0.5, 0.6) is 0 Å². The molecule has 0 aliphatic rings. The molecule has 1 atom stereocenters. The molecule has 1 aromatic heterocycles.